The minimum absolute atomic E-state index is 0.188. The van der Waals surface area contributed by atoms with Crippen molar-refractivity contribution in [2.24, 2.45) is 5.73 Å². The molecule has 1 unspecified atom stereocenters. The molecule has 0 bridgehead atoms. The molecule has 2 nitrogen and oxygen atoms in total. The van der Waals surface area contributed by atoms with Gasteiger partial charge in [-0.1, -0.05) is 30.3 Å². The van der Waals surface area contributed by atoms with Crippen LogP contribution in [0.1, 0.15) is 5.56 Å². The van der Waals surface area contributed by atoms with Gasteiger partial charge in [0, 0.05) is 11.9 Å². The number of halogens is 1. The zero-order valence-electron chi connectivity index (χ0n) is 7.36. The van der Waals surface area contributed by atoms with Gasteiger partial charge in [0.2, 0.25) is 0 Å². The van der Waals surface area contributed by atoms with E-state index in [1.807, 2.05) is 30.3 Å². The summed E-state index contributed by atoms with van der Waals surface area (Å²) in [6.45, 7) is 0. The SMILES string of the molecule is NC(Cc1ccccc1)[C@@H](O)CCl. The molecule has 0 aliphatic rings. The third-order valence-electron chi connectivity index (χ3n) is 1.97. The fourth-order valence-electron chi connectivity index (χ4n) is 1.14. The van der Waals surface area contributed by atoms with Gasteiger partial charge in [0.1, 0.15) is 0 Å². The average molecular weight is 200 g/mol. The number of alkyl halides is 1. The smallest absolute Gasteiger partial charge is 0.0829 e. The van der Waals surface area contributed by atoms with Crippen LogP contribution in [0.4, 0.5) is 0 Å². The molecule has 3 N–H and O–H groups in total. The highest BCUT2D eigenvalue weighted by Gasteiger charge is 2.13. The monoisotopic (exact) mass is 199 g/mol. The highest BCUT2D eigenvalue weighted by molar-refractivity contribution is 6.18. The van der Waals surface area contributed by atoms with Crippen molar-refractivity contribution in [1.29, 1.82) is 0 Å². The third-order valence-corrected chi connectivity index (χ3v) is 2.28. The lowest BCUT2D eigenvalue weighted by Gasteiger charge is -2.15. The van der Waals surface area contributed by atoms with E-state index < -0.39 is 6.10 Å². The Bertz CT molecular complexity index is 240. The summed E-state index contributed by atoms with van der Waals surface area (Å²) in [5, 5.41) is 9.33. The molecule has 0 aromatic heterocycles. The lowest BCUT2D eigenvalue weighted by molar-refractivity contribution is 0.166. The highest BCUT2D eigenvalue weighted by Crippen LogP contribution is 2.05. The quantitative estimate of drug-likeness (QED) is 0.715. The summed E-state index contributed by atoms with van der Waals surface area (Å²) in [5.74, 6) is 0.188. The molecule has 0 saturated carbocycles. The Hall–Kier alpha value is -0.570. The maximum atomic E-state index is 9.33. The lowest BCUT2D eigenvalue weighted by Crippen LogP contribution is -2.37. The van der Waals surface area contributed by atoms with Crippen molar-refractivity contribution < 1.29 is 5.11 Å². The molecule has 0 heterocycles. The first-order valence-electron chi connectivity index (χ1n) is 4.27. The number of rotatable bonds is 4. The summed E-state index contributed by atoms with van der Waals surface area (Å²) < 4.78 is 0. The maximum Gasteiger partial charge on any atom is 0.0829 e. The van der Waals surface area contributed by atoms with Crippen molar-refractivity contribution >= 4 is 11.6 Å². The van der Waals surface area contributed by atoms with Crippen LogP contribution < -0.4 is 5.73 Å². The number of hydrogen-bond acceptors (Lipinski definition) is 2. The predicted octanol–water partition coefficient (Wildman–Crippen LogP) is 1.16. The van der Waals surface area contributed by atoms with Gasteiger partial charge in [0.15, 0.2) is 0 Å². The van der Waals surface area contributed by atoms with Gasteiger partial charge in [0.25, 0.3) is 0 Å². The first-order valence-corrected chi connectivity index (χ1v) is 4.81. The van der Waals surface area contributed by atoms with E-state index in [-0.39, 0.29) is 11.9 Å². The molecule has 0 amide bonds. The molecule has 0 saturated heterocycles. The number of nitrogens with two attached hydrogens (primary N) is 1. The van der Waals surface area contributed by atoms with E-state index in [1.165, 1.54) is 0 Å². The molecule has 0 radical (unpaired) electrons. The van der Waals surface area contributed by atoms with Crippen LogP contribution in [-0.2, 0) is 6.42 Å². The van der Waals surface area contributed by atoms with Crippen LogP contribution >= 0.6 is 11.6 Å². The molecule has 0 aliphatic carbocycles. The second-order valence-corrected chi connectivity index (χ2v) is 3.38. The van der Waals surface area contributed by atoms with E-state index in [4.69, 9.17) is 17.3 Å². The van der Waals surface area contributed by atoms with Gasteiger partial charge in [0.05, 0.1) is 6.10 Å². The van der Waals surface area contributed by atoms with Crippen molar-refractivity contribution in [1.82, 2.24) is 0 Å². The van der Waals surface area contributed by atoms with E-state index in [0.29, 0.717) is 6.42 Å². The number of aliphatic hydroxyl groups is 1. The topological polar surface area (TPSA) is 46.2 Å². The van der Waals surface area contributed by atoms with Gasteiger partial charge in [-0.05, 0) is 12.0 Å². The Balaban J connectivity index is 2.50. The van der Waals surface area contributed by atoms with Crippen molar-refractivity contribution in [3.63, 3.8) is 0 Å². The maximum absolute atomic E-state index is 9.33. The molecule has 1 aromatic rings. The van der Waals surface area contributed by atoms with Crippen LogP contribution in [0.15, 0.2) is 30.3 Å². The van der Waals surface area contributed by atoms with E-state index in [1.54, 1.807) is 0 Å². The van der Waals surface area contributed by atoms with Gasteiger partial charge >= 0.3 is 0 Å². The van der Waals surface area contributed by atoms with Crippen LogP contribution in [0.3, 0.4) is 0 Å². The summed E-state index contributed by atoms with van der Waals surface area (Å²) in [5.41, 5.74) is 6.85. The average Bonchev–Trinajstić information content (AvgIpc) is 2.18. The summed E-state index contributed by atoms with van der Waals surface area (Å²) in [6, 6.07) is 9.55. The molecule has 0 spiro atoms. The summed E-state index contributed by atoms with van der Waals surface area (Å²) in [6.07, 6.45) is 0.0382. The van der Waals surface area contributed by atoms with Crippen LogP contribution in [0.25, 0.3) is 0 Å². The van der Waals surface area contributed by atoms with Crippen molar-refractivity contribution in [2.75, 3.05) is 5.88 Å². The van der Waals surface area contributed by atoms with Crippen molar-refractivity contribution in [3.05, 3.63) is 35.9 Å². The zero-order valence-corrected chi connectivity index (χ0v) is 8.11. The van der Waals surface area contributed by atoms with E-state index in [9.17, 15) is 5.11 Å². The fraction of sp³-hybridized carbons (Fsp3) is 0.400. The Labute approximate surface area is 83.3 Å². The van der Waals surface area contributed by atoms with Crippen LogP contribution in [0.2, 0.25) is 0 Å². The van der Waals surface area contributed by atoms with Crippen LogP contribution in [-0.4, -0.2) is 23.1 Å². The fourth-order valence-corrected chi connectivity index (χ4v) is 1.37. The number of benzene rings is 1. The van der Waals surface area contributed by atoms with Gasteiger partial charge in [-0.25, -0.2) is 0 Å². The molecule has 72 valence electrons. The number of aliphatic hydroxyl groups excluding tert-OH is 1. The molecule has 1 aromatic carbocycles. The van der Waals surface area contributed by atoms with Crippen LogP contribution in [0, 0.1) is 0 Å². The second-order valence-electron chi connectivity index (χ2n) is 3.08. The van der Waals surface area contributed by atoms with Gasteiger partial charge in [-0.3, -0.25) is 0 Å². The Morgan fingerprint density at radius 3 is 2.46 bits per heavy atom. The first kappa shape index (κ1) is 10.5. The first-order chi connectivity index (χ1) is 6.24. The van der Waals surface area contributed by atoms with Gasteiger partial charge in [-0.2, -0.15) is 0 Å². The van der Waals surface area contributed by atoms with Crippen molar-refractivity contribution in [3.8, 4) is 0 Å². The summed E-state index contributed by atoms with van der Waals surface area (Å²) in [4.78, 5) is 0. The predicted molar refractivity (Wildman–Crippen MR) is 54.8 cm³/mol. The molecular formula is C10H14ClNO. The molecule has 2 atom stereocenters. The van der Waals surface area contributed by atoms with E-state index in [2.05, 4.69) is 0 Å². The molecule has 0 aliphatic heterocycles. The molecule has 13 heavy (non-hydrogen) atoms. The van der Waals surface area contributed by atoms with E-state index in [0.717, 1.165) is 5.56 Å². The Morgan fingerprint density at radius 1 is 1.31 bits per heavy atom. The number of hydrogen-bond donors (Lipinski definition) is 2. The van der Waals surface area contributed by atoms with Crippen molar-refractivity contribution in [2.45, 2.75) is 18.6 Å². The third kappa shape index (κ3) is 3.35. The summed E-state index contributed by atoms with van der Waals surface area (Å²) in [7, 11) is 0. The molecule has 3 heteroatoms. The lowest BCUT2D eigenvalue weighted by atomic mass is 10.0. The molecule has 0 fully saturated rings. The van der Waals surface area contributed by atoms with E-state index >= 15 is 0 Å². The normalized spacial score (nSPS) is 15.3. The van der Waals surface area contributed by atoms with Gasteiger partial charge < -0.3 is 10.8 Å². The Morgan fingerprint density at radius 2 is 1.92 bits per heavy atom. The van der Waals surface area contributed by atoms with Crippen LogP contribution in [0.5, 0.6) is 0 Å². The standard InChI is InChI=1S/C10H14ClNO/c11-7-10(13)9(12)6-8-4-2-1-3-5-8/h1-5,9-10,13H,6-7,12H2/t9?,10-/m0/s1. The van der Waals surface area contributed by atoms with Gasteiger partial charge in [-0.15, -0.1) is 11.6 Å². The summed E-state index contributed by atoms with van der Waals surface area (Å²) >= 11 is 5.48. The second kappa shape index (κ2) is 5.22. The largest absolute Gasteiger partial charge is 0.390 e. The molecular weight excluding hydrogens is 186 g/mol. The minimum atomic E-state index is -0.623. The highest BCUT2D eigenvalue weighted by atomic mass is 35.5. The minimum Gasteiger partial charge on any atom is -0.390 e. The zero-order chi connectivity index (χ0) is 9.68. The molecule has 1 rings (SSSR count). The Kier molecular flexibility index (Phi) is 4.22.